The Labute approximate surface area is 151 Å². The Balaban J connectivity index is 1.82. The second-order valence-electron chi connectivity index (χ2n) is 5.60. The fourth-order valence-corrected chi connectivity index (χ4v) is 2.69. The van der Waals surface area contributed by atoms with Gasteiger partial charge >= 0.3 is 0 Å². The maximum Gasteiger partial charge on any atom is 0.203 e. The van der Waals surface area contributed by atoms with Crippen LogP contribution in [0.15, 0.2) is 54.7 Å². The average Bonchev–Trinajstić information content (AvgIpc) is 3.03. The summed E-state index contributed by atoms with van der Waals surface area (Å²) in [5.41, 5.74) is 2.93. The summed E-state index contributed by atoms with van der Waals surface area (Å²) in [6, 6.07) is 14.1. The molecule has 0 aliphatic heterocycles. The van der Waals surface area contributed by atoms with Gasteiger partial charge in [0.05, 0.1) is 18.5 Å². The molecule has 0 saturated carbocycles. The molecule has 0 saturated heterocycles. The topological polar surface area (TPSA) is 39.1 Å². The van der Waals surface area contributed by atoms with E-state index in [9.17, 15) is 4.39 Å². The van der Waals surface area contributed by atoms with Gasteiger partial charge in [0.1, 0.15) is 5.82 Å². The molecule has 1 N–H and O–H groups in total. The Morgan fingerprint density at radius 3 is 2.52 bits per heavy atom. The molecular formula is C19H19ClFN3O. The zero-order chi connectivity index (χ0) is 17.6. The van der Waals surface area contributed by atoms with Crippen LogP contribution in [0.1, 0.15) is 5.56 Å². The zero-order valence-electron chi connectivity index (χ0n) is 13.9. The number of imidazole rings is 1. The molecule has 3 aromatic rings. The quantitative estimate of drug-likeness (QED) is 0.670. The van der Waals surface area contributed by atoms with Gasteiger partial charge in [-0.05, 0) is 42.0 Å². The molecule has 4 nitrogen and oxygen atoms in total. The highest BCUT2D eigenvalue weighted by Crippen LogP contribution is 2.24. The summed E-state index contributed by atoms with van der Waals surface area (Å²) in [7, 11) is 1.66. The molecule has 0 atom stereocenters. The first-order chi connectivity index (χ1) is 12.2. The van der Waals surface area contributed by atoms with Crippen molar-refractivity contribution in [2.24, 2.45) is 0 Å². The monoisotopic (exact) mass is 359 g/mol. The van der Waals surface area contributed by atoms with Crippen molar-refractivity contribution in [1.29, 1.82) is 0 Å². The number of nitrogens with zero attached hydrogens (tertiary/aromatic N) is 2. The summed E-state index contributed by atoms with van der Waals surface area (Å²) >= 11 is 5.92. The Kier molecular flexibility index (Phi) is 5.68. The fourth-order valence-electron chi connectivity index (χ4n) is 2.56. The van der Waals surface area contributed by atoms with Gasteiger partial charge in [0.2, 0.25) is 5.95 Å². The number of rotatable bonds is 7. The highest BCUT2D eigenvalue weighted by molar-refractivity contribution is 6.30. The number of benzene rings is 2. The van der Waals surface area contributed by atoms with Gasteiger partial charge in [-0.15, -0.1) is 0 Å². The van der Waals surface area contributed by atoms with Crippen LogP contribution in [0.5, 0.6) is 0 Å². The lowest BCUT2D eigenvalue weighted by atomic mass is 10.1. The second-order valence-corrected chi connectivity index (χ2v) is 6.03. The summed E-state index contributed by atoms with van der Waals surface area (Å²) in [6.45, 7) is 1.83. The lowest BCUT2D eigenvalue weighted by Gasteiger charge is -2.13. The molecule has 1 heterocycles. The number of ether oxygens (including phenoxy) is 1. The number of nitrogens with one attached hydrogen (secondary N) is 1. The minimum atomic E-state index is -0.257. The van der Waals surface area contributed by atoms with Crippen molar-refractivity contribution in [3.8, 4) is 11.3 Å². The van der Waals surface area contributed by atoms with Crippen molar-refractivity contribution in [2.45, 2.75) is 13.1 Å². The third-order valence-electron chi connectivity index (χ3n) is 3.88. The van der Waals surface area contributed by atoms with E-state index >= 15 is 0 Å². The normalized spacial score (nSPS) is 10.8. The summed E-state index contributed by atoms with van der Waals surface area (Å²) in [5.74, 6) is 0.485. The van der Waals surface area contributed by atoms with Crippen LogP contribution in [0, 0.1) is 5.82 Å². The molecule has 0 radical (unpaired) electrons. The van der Waals surface area contributed by atoms with Crippen molar-refractivity contribution >= 4 is 17.5 Å². The SMILES string of the molecule is COCCn1c(-c2ccc(F)cc2)cnc1NCc1ccc(Cl)cc1. The fraction of sp³-hybridized carbons (Fsp3) is 0.211. The molecule has 1 aromatic heterocycles. The summed E-state index contributed by atoms with van der Waals surface area (Å²) in [5, 5.41) is 4.05. The van der Waals surface area contributed by atoms with Gasteiger partial charge in [-0.2, -0.15) is 0 Å². The van der Waals surface area contributed by atoms with Gasteiger partial charge in [0.25, 0.3) is 0 Å². The number of methoxy groups -OCH3 is 1. The number of anilines is 1. The molecule has 0 aliphatic rings. The van der Waals surface area contributed by atoms with E-state index in [0.717, 1.165) is 22.8 Å². The lowest BCUT2D eigenvalue weighted by Crippen LogP contribution is -2.11. The smallest absolute Gasteiger partial charge is 0.203 e. The van der Waals surface area contributed by atoms with Crippen LogP contribution < -0.4 is 5.32 Å². The van der Waals surface area contributed by atoms with Crippen LogP contribution in [-0.2, 0) is 17.8 Å². The predicted octanol–water partition coefficient (Wildman–Crippen LogP) is 4.60. The Morgan fingerprint density at radius 2 is 1.84 bits per heavy atom. The number of hydrogen-bond acceptors (Lipinski definition) is 3. The Morgan fingerprint density at radius 1 is 1.12 bits per heavy atom. The molecule has 0 amide bonds. The molecule has 2 aromatic carbocycles. The molecule has 6 heteroatoms. The van der Waals surface area contributed by atoms with Crippen molar-refractivity contribution in [1.82, 2.24) is 9.55 Å². The van der Waals surface area contributed by atoms with Gasteiger partial charge in [0, 0.05) is 30.8 Å². The molecule has 0 bridgehead atoms. The highest BCUT2D eigenvalue weighted by atomic mass is 35.5. The molecule has 0 aliphatic carbocycles. The van der Waals surface area contributed by atoms with Crippen LogP contribution in [0.3, 0.4) is 0 Å². The second kappa shape index (κ2) is 8.14. The first-order valence-corrected chi connectivity index (χ1v) is 8.34. The predicted molar refractivity (Wildman–Crippen MR) is 98.3 cm³/mol. The van der Waals surface area contributed by atoms with Crippen molar-refractivity contribution in [3.63, 3.8) is 0 Å². The lowest BCUT2D eigenvalue weighted by molar-refractivity contribution is 0.188. The summed E-state index contributed by atoms with van der Waals surface area (Å²) in [6.07, 6.45) is 1.78. The van der Waals surface area contributed by atoms with E-state index in [4.69, 9.17) is 16.3 Å². The van der Waals surface area contributed by atoms with Gasteiger partial charge in [-0.25, -0.2) is 9.37 Å². The van der Waals surface area contributed by atoms with E-state index in [-0.39, 0.29) is 5.82 Å². The maximum absolute atomic E-state index is 13.2. The van der Waals surface area contributed by atoms with Gasteiger partial charge in [-0.3, -0.25) is 0 Å². The van der Waals surface area contributed by atoms with E-state index in [2.05, 4.69) is 10.3 Å². The maximum atomic E-state index is 13.2. The van der Waals surface area contributed by atoms with Gasteiger partial charge < -0.3 is 14.6 Å². The van der Waals surface area contributed by atoms with E-state index in [1.165, 1.54) is 12.1 Å². The summed E-state index contributed by atoms with van der Waals surface area (Å²) in [4.78, 5) is 4.48. The van der Waals surface area contributed by atoms with Gasteiger partial charge in [0.15, 0.2) is 0 Å². The van der Waals surface area contributed by atoms with Crippen LogP contribution in [0.25, 0.3) is 11.3 Å². The highest BCUT2D eigenvalue weighted by Gasteiger charge is 2.11. The average molecular weight is 360 g/mol. The number of aromatic nitrogens is 2. The van der Waals surface area contributed by atoms with Gasteiger partial charge in [-0.1, -0.05) is 23.7 Å². The van der Waals surface area contributed by atoms with Crippen LogP contribution in [-0.4, -0.2) is 23.3 Å². The Hall–Kier alpha value is -2.37. The zero-order valence-corrected chi connectivity index (χ0v) is 14.6. The molecule has 3 rings (SSSR count). The summed E-state index contributed by atoms with van der Waals surface area (Å²) < 4.78 is 20.4. The van der Waals surface area contributed by atoms with Crippen molar-refractivity contribution in [2.75, 3.05) is 19.0 Å². The Bertz CT molecular complexity index is 816. The third-order valence-corrected chi connectivity index (χ3v) is 4.13. The molecule has 130 valence electrons. The van der Waals surface area contributed by atoms with E-state index in [1.807, 2.05) is 28.8 Å². The van der Waals surface area contributed by atoms with Crippen molar-refractivity contribution < 1.29 is 9.13 Å². The van der Waals surface area contributed by atoms with E-state index in [1.54, 1.807) is 25.4 Å². The minimum Gasteiger partial charge on any atom is -0.383 e. The first kappa shape index (κ1) is 17.5. The molecule has 0 unspecified atom stereocenters. The van der Waals surface area contributed by atoms with Crippen LogP contribution in [0.4, 0.5) is 10.3 Å². The molecular weight excluding hydrogens is 341 g/mol. The third kappa shape index (κ3) is 4.38. The minimum absolute atomic E-state index is 0.257. The van der Waals surface area contributed by atoms with E-state index < -0.39 is 0 Å². The standard InChI is InChI=1S/C19H19ClFN3O/c1-25-11-10-24-18(15-4-8-17(21)9-5-15)13-23-19(24)22-12-14-2-6-16(20)7-3-14/h2-9,13H,10-12H2,1H3,(H,22,23). The first-order valence-electron chi connectivity index (χ1n) is 7.96. The largest absolute Gasteiger partial charge is 0.383 e. The molecule has 0 spiro atoms. The molecule has 25 heavy (non-hydrogen) atoms. The van der Waals surface area contributed by atoms with Crippen molar-refractivity contribution in [3.05, 3.63) is 71.1 Å². The number of halogens is 2. The van der Waals surface area contributed by atoms with Crippen LogP contribution >= 0.6 is 11.6 Å². The van der Waals surface area contributed by atoms with Crippen LogP contribution in [0.2, 0.25) is 5.02 Å². The molecule has 0 fully saturated rings. The van der Waals surface area contributed by atoms with E-state index in [0.29, 0.717) is 24.7 Å². The number of hydrogen-bond donors (Lipinski definition) is 1.